The van der Waals surface area contributed by atoms with Crippen LogP contribution in [0.3, 0.4) is 0 Å². The van der Waals surface area contributed by atoms with Gasteiger partial charge in [-0.05, 0) is 100 Å². The third-order valence-electron chi connectivity index (χ3n) is 12.6. The molecule has 6 aromatic rings. The van der Waals surface area contributed by atoms with Gasteiger partial charge in [0.15, 0.2) is 0 Å². The maximum absolute atomic E-state index is 14.7. The normalized spacial score (nSPS) is 18.5. The number of likely N-dealkylation sites (tertiary alicyclic amines) is 2. The summed E-state index contributed by atoms with van der Waals surface area (Å²) in [6, 6.07) is 15.1. The largest absolute Gasteiger partial charge is 0.445 e. The number of allylic oxidation sites excluding steroid dienone is 1. The number of aryl methyl sites for hydroxylation is 4. The first-order valence-corrected chi connectivity index (χ1v) is 22.3. The highest BCUT2D eigenvalue weighted by atomic mass is 19.4. The van der Waals surface area contributed by atoms with Crippen LogP contribution in [0.1, 0.15) is 87.7 Å². The topological polar surface area (TPSA) is 136 Å². The number of aromatic nitrogens is 7. The smallest absolute Gasteiger partial charge is 0.417 e. The fourth-order valence-corrected chi connectivity index (χ4v) is 8.91. The number of nitrogens with zero attached hydrogens (tertiary/aromatic N) is 9. The number of halogens is 6. The van der Waals surface area contributed by atoms with Crippen LogP contribution >= 0.6 is 0 Å². The van der Waals surface area contributed by atoms with Crippen LogP contribution in [0.5, 0.6) is 5.88 Å². The quantitative estimate of drug-likeness (QED) is 0.0940. The molecule has 68 heavy (non-hydrogen) atoms. The van der Waals surface area contributed by atoms with Crippen molar-refractivity contribution in [2.45, 2.75) is 77.7 Å². The molecule has 0 aliphatic carbocycles. The van der Waals surface area contributed by atoms with Crippen molar-refractivity contribution < 1.29 is 40.7 Å². The molecule has 13 nitrogen and oxygen atoms in total. The molecule has 0 bridgehead atoms. The number of pyridine rings is 2. The molecule has 1 N–H and O–H groups in total. The summed E-state index contributed by atoms with van der Waals surface area (Å²) < 4.78 is 88.7. The van der Waals surface area contributed by atoms with Crippen molar-refractivity contribution in [3.63, 3.8) is 0 Å². The Bertz CT molecular complexity index is 2780. The summed E-state index contributed by atoms with van der Waals surface area (Å²) in [4.78, 5) is 40.6. The Morgan fingerprint density at radius 1 is 0.824 bits per heavy atom. The van der Waals surface area contributed by atoms with Gasteiger partial charge in [-0.2, -0.15) is 31.4 Å². The third kappa shape index (κ3) is 10.7. The SMILES string of the molecule is Cc1ccc(-c2cnn(C)c2)c(C(=O)N2CCCC(CCc3cn(-c4ccc(C)cc4C(=O)N4CCC[C@@H](C)C4CNc4ccc(C(F)(F)F)cn4)nn3)/C2=C\Oc2ccc(C(F)(F)F)cn2)c1. The van der Waals surface area contributed by atoms with Crippen molar-refractivity contribution in [2.24, 2.45) is 18.9 Å². The molecule has 2 aliphatic heterocycles. The Balaban J connectivity index is 1.03. The first-order chi connectivity index (χ1) is 32.4. The molecule has 3 atom stereocenters. The summed E-state index contributed by atoms with van der Waals surface area (Å²) in [6.45, 7) is 6.97. The molecule has 19 heteroatoms. The minimum absolute atomic E-state index is 0.0713. The Morgan fingerprint density at radius 2 is 1.53 bits per heavy atom. The van der Waals surface area contributed by atoms with E-state index in [0.717, 1.165) is 53.9 Å². The summed E-state index contributed by atoms with van der Waals surface area (Å²) in [5, 5.41) is 16.4. The van der Waals surface area contributed by atoms with Crippen molar-refractivity contribution in [3.8, 4) is 22.7 Å². The van der Waals surface area contributed by atoms with E-state index in [2.05, 4.69) is 37.6 Å². The highest BCUT2D eigenvalue weighted by molar-refractivity contribution is 6.02. The lowest BCUT2D eigenvalue weighted by molar-refractivity contribution is -0.138. The summed E-state index contributed by atoms with van der Waals surface area (Å²) in [6.07, 6.45) is 2.98. The number of hydrogen-bond acceptors (Lipinski definition) is 9. The number of nitrogens with one attached hydrogen (secondary N) is 1. The van der Waals surface area contributed by atoms with E-state index in [1.807, 2.05) is 61.3 Å². The molecule has 2 aromatic carbocycles. The van der Waals surface area contributed by atoms with Gasteiger partial charge in [-0.15, -0.1) is 5.10 Å². The Kier molecular flexibility index (Phi) is 13.7. The molecule has 6 heterocycles. The molecule has 0 radical (unpaired) electrons. The van der Waals surface area contributed by atoms with Gasteiger partial charge < -0.3 is 19.9 Å². The molecule has 2 unspecified atom stereocenters. The van der Waals surface area contributed by atoms with Gasteiger partial charge in [0.2, 0.25) is 5.88 Å². The summed E-state index contributed by atoms with van der Waals surface area (Å²) >= 11 is 0. The Hall–Kier alpha value is -7.05. The molecule has 0 saturated carbocycles. The number of anilines is 1. The predicted molar refractivity (Wildman–Crippen MR) is 240 cm³/mol. The van der Waals surface area contributed by atoms with E-state index in [1.54, 1.807) is 33.7 Å². The van der Waals surface area contributed by atoms with E-state index >= 15 is 0 Å². The zero-order chi connectivity index (χ0) is 48.3. The van der Waals surface area contributed by atoms with Gasteiger partial charge in [0.05, 0.1) is 52.2 Å². The Labute approximate surface area is 388 Å². The van der Waals surface area contributed by atoms with Gasteiger partial charge in [0.25, 0.3) is 11.8 Å². The number of alkyl halides is 6. The first kappa shape index (κ1) is 47.4. The van der Waals surface area contributed by atoms with E-state index in [0.29, 0.717) is 78.7 Å². The number of carbonyl (C=O) groups is 2. The van der Waals surface area contributed by atoms with Crippen LogP contribution in [-0.4, -0.2) is 82.0 Å². The van der Waals surface area contributed by atoms with Gasteiger partial charge in [-0.25, -0.2) is 14.6 Å². The number of rotatable bonds is 12. The van der Waals surface area contributed by atoms with Crippen LogP contribution < -0.4 is 10.1 Å². The fourth-order valence-electron chi connectivity index (χ4n) is 8.91. The molecule has 2 aliphatic rings. The van der Waals surface area contributed by atoms with Gasteiger partial charge in [-0.3, -0.25) is 14.3 Å². The Morgan fingerprint density at radius 3 is 2.21 bits per heavy atom. The second-order valence-electron chi connectivity index (χ2n) is 17.5. The monoisotopic (exact) mass is 940 g/mol. The molecular formula is C49H50F6N10O3. The lowest BCUT2D eigenvalue weighted by Crippen LogP contribution is -2.51. The predicted octanol–water partition coefficient (Wildman–Crippen LogP) is 9.87. The molecule has 4 aromatic heterocycles. The van der Waals surface area contributed by atoms with Crippen LogP contribution in [0.15, 0.2) is 104 Å². The zero-order valence-corrected chi connectivity index (χ0v) is 37.9. The standard InChI is InChI=1S/C49H50F6N10O3/c1-30-9-15-38(34-23-59-62(4)27-34)39(21-30)46(66)64-20-6-8-33(43(64)29-68-45-18-13-36(25-58-45)49(53,54)55)11-14-37-28-65(61-60-37)41-16-10-31(2)22-40(41)47(67)63-19-5-7-32(3)42(63)26-57-44-17-12-35(24-56-44)48(50,51)52/h9-10,12-13,15-18,21-25,27-29,32-33,42H,5-8,11,14,19-20,26H2,1-4H3,(H,56,57)/b43-29+/t32-,33?,42?/m1/s1. The average Bonchev–Trinajstić information content (AvgIpc) is 3.98. The summed E-state index contributed by atoms with van der Waals surface area (Å²) in [5.41, 5.74) is 3.97. The summed E-state index contributed by atoms with van der Waals surface area (Å²) in [5.74, 6) is -0.452. The average molecular weight is 941 g/mol. The van der Waals surface area contributed by atoms with Gasteiger partial charge in [0, 0.05) is 68.4 Å². The fraction of sp³-hybridized carbons (Fsp3) is 0.367. The highest BCUT2D eigenvalue weighted by Gasteiger charge is 2.36. The van der Waals surface area contributed by atoms with Crippen molar-refractivity contribution in [1.29, 1.82) is 0 Å². The second kappa shape index (κ2) is 19.7. The van der Waals surface area contributed by atoms with Gasteiger partial charge in [0.1, 0.15) is 12.1 Å². The maximum Gasteiger partial charge on any atom is 0.417 e. The number of hydrogen-bond donors (Lipinski definition) is 1. The lowest BCUT2D eigenvalue weighted by Gasteiger charge is -2.40. The minimum atomic E-state index is -4.58. The molecule has 356 valence electrons. The van der Waals surface area contributed by atoms with E-state index in [9.17, 15) is 35.9 Å². The van der Waals surface area contributed by atoms with Crippen LogP contribution in [-0.2, 0) is 25.8 Å². The number of carbonyl (C=O) groups excluding carboxylic acids is 2. The van der Waals surface area contributed by atoms with Gasteiger partial charge >= 0.3 is 12.4 Å². The van der Waals surface area contributed by atoms with Crippen molar-refractivity contribution in [2.75, 3.05) is 25.0 Å². The van der Waals surface area contributed by atoms with E-state index < -0.39 is 23.5 Å². The molecule has 2 fully saturated rings. The molecule has 0 spiro atoms. The number of piperidine rings is 2. The number of benzene rings is 2. The highest BCUT2D eigenvalue weighted by Crippen LogP contribution is 2.36. The minimum Gasteiger partial charge on any atom is -0.445 e. The molecular weight excluding hydrogens is 891 g/mol. The van der Waals surface area contributed by atoms with Gasteiger partial charge in [-0.1, -0.05) is 41.5 Å². The summed E-state index contributed by atoms with van der Waals surface area (Å²) in [7, 11) is 1.79. The first-order valence-electron chi connectivity index (χ1n) is 22.3. The van der Waals surface area contributed by atoms with Crippen LogP contribution in [0.4, 0.5) is 32.2 Å². The number of ether oxygens (including phenoxy) is 1. The molecule has 2 amide bonds. The van der Waals surface area contributed by atoms with Crippen molar-refractivity contribution in [3.05, 3.63) is 143 Å². The van der Waals surface area contributed by atoms with Crippen molar-refractivity contribution in [1.82, 2.24) is 44.5 Å². The zero-order valence-electron chi connectivity index (χ0n) is 37.9. The van der Waals surface area contributed by atoms with Crippen molar-refractivity contribution >= 4 is 17.6 Å². The maximum atomic E-state index is 14.7. The van der Waals surface area contributed by atoms with Crippen LogP contribution in [0.2, 0.25) is 0 Å². The van der Waals surface area contributed by atoms with Crippen LogP contribution in [0, 0.1) is 25.7 Å². The van der Waals surface area contributed by atoms with E-state index in [4.69, 9.17) is 4.74 Å². The van der Waals surface area contributed by atoms with E-state index in [1.165, 1.54) is 12.3 Å². The molecule has 2 saturated heterocycles. The second-order valence-corrected chi connectivity index (χ2v) is 17.5. The molecule has 8 rings (SSSR count). The van der Waals surface area contributed by atoms with Crippen LogP contribution in [0.25, 0.3) is 16.8 Å². The van der Waals surface area contributed by atoms with E-state index in [-0.39, 0.29) is 47.9 Å². The third-order valence-corrected chi connectivity index (χ3v) is 12.6. The lowest BCUT2D eigenvalue weighted by atomic mass is 9.88. The number of amides is 2.